The third kappa shape index (κ3) is 7.43. The summed E-state index contributed by atoms with van der Waals surface area (Å²) < 4.78 is 19.6. The van der Waals surface area contributed by atoms with Gasteiger partial charge in [-0.3, -0.25) is 9.36 Å². The van der Waals surface area contributed by atoms with E-state index in [9.17, 15) is 25.2 Å². The number of nitrogens with zero attached hydrogens (tertiary/aromatic N) is 8. The molecule has 9 atom stereocenters. The van der Waals surface area contributed by atoms with E-state index in [1.165, 1.54) is 19.0 Å². The van der Waals surface area contributed by atoms with Crippen molar-refractivity contribution < 1.29 is 44.5 Å². The highest BCUT2D eigenvalue weighted by Crippen LogP contribution is 2.34. The number of nitrogen functional groups attached to an aromatic ring is 1. The summed E-state index contributed by atoms with van der Waals surface area (Å²) in [6, 6.07) is 7.23. The number of benzene rings is 1. The minimum Gasteiger partial charge on any atom is -0.497 e. The minimum absolute atomic E-state index is 0.295. The first-order valence-electron chi connectivity index (χ1n) is 16.6. The van der Waals surface area contributed by atoms with Gasteiger partial charge in [-0.15, -0.1) is 0 Å². The predicted octanol–water partition coefficient (Wildman–Crippen LogP) is -2.17. The maximum absolute atomic E-state index is 12.8. The summed E-state index contributed by atoms with van der Waals surface area (Å²) in [7, 11) is 5.25. The van der Waals surface area contributed by atoms with Gasteiger partial charge in [0.2, 0.25) is 5.91 Å². The fraction of sp³-hybridized carbons (Fsp3) is 0.455. The lowest BCUT2D eigenvalue weighted by Gasteiger charge is -2.23. The van der Waals surface area contributed by atoms with Crippen molar-refractivity contribution in [1.29, 1.82) is 0 Å². The van der Waals surface area contributed by atoms with Crippen LogP contribution in [0.1, 0.15) is 18.0 Å². The van der Waals surface area contributed by atoms with Crippen molar-refractivity contribution >= 4 is 39.7 Å². The normalized spacial score (nSPS) is 26.0. The van der Waals surface area contributed by atoms with Gasteiger partial charge in [-0.2, -0.15) is 0 Å². The van der Waals surface area contributed by atoms with Crippen LogP contribution in [0.25, 0.3) is 22.2 Å². The molecular weight excluding hydrogens is 694 g/mol. The number of ether oxygens (including phenoxy) is 3. The number of aliphatic hydroxyl groups is 5. The molecular formula is C33H43N11O9. The Labute approximate surface area is 302 Å². The van der Waals surface area contributed by atoms with E-state index in [4.69, 9.17) is 30.8 Å². The molecule has 5 aromatic rings. The number of rotatable bonds is 10. The molecule has 0 aliphatic carbocycles. The highest BCUT2D eigenvalue weighted by Gasteiger charge is 2.46. The second-order valence-electron chi connectivity index (χ2n) is 12.8. The maximum Gasteiger partial charge on any atom is 0.237 e. The van der Waals surface area contributed by atoms with Crippen LogP contribution in [0.15, 0.2) is 55.5 Å². The molecule has 284 valence electrons. The SMILES string of the molecule is COc1ccc(C[C@H](N)C(=O)N[C@H]2[C@@H](O)[C@H](n3cnc4c(N(C)C)ncnc43)O[C@@H]2CO)cc1.Nc1ncnc2c1ccn2[C@@H]1O[C@H](CO)[C@@H](O)[C@H]1O. The number of carbonyl (C=O) groups excluding carboxylic acids is 1. The molecule has 0 saturated carbocycles. The number of aliphatic hydroxyl groups excluding tert-OH is 5. The second kappa shape index (κ2) is 15.9. The highest BCUT2D eigenvalue weighted by atomic mass is 16.6. The summed E-state index contributed by atoms with van der Waals surface area (Å²) in [6.45, 7) is -0.776. The third-order valence-electron chi connectivity index (χ3n) is 9.18. The van der Waals surface area contributed by atoms with E-state index in [1.807, 2.05) is 26.2 Å². The molecule has 0 spiro atoms. The van der Waals surface area contributed by atoms with Gasteiger partial charge in [0.05, 0.1) is 44.1 Å². The summed E-state index contributed by atoms with van der Waals surface area (Å²) in [5.41, 5.74) is 14.2. The van der Waals surface area contributed by atoms with Gasteiger partial charge < -0.3 is 66.0 Å². The first-order chi connectivity index (χ1) is 25.5. The van der Waals surface area contributed by atoms with Crippen molar-refractivity contribution in [3.8, 4) is 5.75 Å². The second-order valence-corrected chi connectivity index (χ2v) is 12.8. The van der Waals surface area contributed by atoms with Crippen LogP contribution in [0, 0.1) is 0 Å². The lowest BCUT2D eigenvalue weighted by Crippen LogP contribution is -2.53. The summed E-state index contributed by atoms with van der Waals surface area (Å²) in [4.78, 5) is 35.5. The molecule has 0 bridgehead atoms. The molecule has 0 radical (unpaired) electrons. The molecule has 2 aliphatic heterocycles. The topological polar surface area (TPSA) is 288 Å². The molecule has 1 aromatic carbocycles. The number of amides is 1. The molecule has 1 amide bonds. The van der Waals surface area contributed by atoms with Crippen LogP contribution >= 0.6 is 0 Å². The molecule has 4 aromatic heterocycles. The van der Waals surface area contributed by atoms with E-state index in [0.29, 0.717) is 46.0 Å². The molecule has 6 heterocycles. The summed E-state index contributed by atoms with van der Waals surface area (Å²) >= 11 is 0. The summed E-state index contributed by atoms with van der Waals surface area (Å²) in [5, 5.41) is 53.1. The van der Waals surface area contributed by atoms with Crippen molar-refractivity contribution in [1.82, 2.24) is 39.4 Å². The maximum atomic E-state index is 12.8. The number of fused-ring (bicyclic) bond motifs is 2. The smallest absolute Gasteiger partial charge is 0.237 e. The van der Waals surface area contributed by atoms with Gasteiger partial charge in [0.15, 0.2) is 29.4 Å². The lowest BCUT2D eigenvalue weighted by molar-refractivity contribution is -0.124. The van der Waals surface area contributed by atoms with Crippen LogP contribution in [-0.4, -0.2) is 143 Å². The number of hydrogen-bond acceptors (Lipinski definition) is 17. The number of nitrogens with one attached hydrogen (secondary N) is 1. The fourth-order valence-electron chi connectivity index (χ4n) is 6.34. The molecule has 10 N–H and O–H groups in total. The van der Waals surface area contributed by atoms with Gasteiger partial charge in [-0.1, -0.05) is 12.1 Å². The van der Waals surface area contributed by atoms with Gasteiger partial charge in [-0.25, -0.2) is 24.9 Å². The highest BCUT2D eigenvalue weighted by molar-refractivity contribution is 5.86. The quantitative estimate of drug-likeness (QED) is 0.0757. The Balaban J connectivity index is 0.000000213. The van der Waals surface area contributed by atoms with E-state index in [-0.39, 0.29) is 6.61 Å². The van der Waals surface area contributed by atoms with E-state index >= 15 is 0 Å². The van der Waals surface area contributed by atoms with Gasteiger partial charge >= 0.3 is 0 Å². The van der Waals surface area contributed by atoms with Crippen molar-refractivity contribution in [2.45, 2.75) is 61.5 Å². The Morgan fingerprint density at radius 2 is 1.57 bits per heavy atom. The largest absolute Gasteiger partial charge is 0.497 e. The Bertz CT molecular complexity index is 2010. The van der Waals surface area contributed by atoms with Gasteiger partial charge in [0.1, 0.15) is 60.4 Å². The summed E-state index contributed by atoms with van der Waals surface area (Å²) in [6.07, 6.45) is -0.725. The average molecular weight is 738 g/mol. The van der Waals surface area contributed by atoms with E-state index in [1.54, 1.807) is 45.5 Å². The van der Waals surface area contributed by atoms with Crippen LogP contribution in [0.4, 0.5) is 11.6 Å². The van der Waals surface area contributed by atoms with Crippen LogP contribution in [0.3, 0.4) is 0 Å². The molecule has 53 heavy (non-hydrogen) atoms. The lowest BCUT2D eigenvalue weighted by atomic mass is 10.0. The third-order valence-corrected chi connectivity index (χ3v) is 9.18. The summed E-state index contributed by atoms with van der Waals surface area (Å²) in [5.74, 6) is 1.19. The first kappa shape index (κ1) is 37.7. The number of hydrogen-bond donors (Lipinski definition) is 8. The standard InChI is InChI=1S/C22H29N7O5.C11H14N4O4/c1-28(2)19-17-20(25-10-24-19)29(11-26-17)22-18(31)16(15(9-30)34-22)27-21(32)14(23)8-12-4-6-13(33-3)7-5-12;12-9-5-1-2-15(10(5)14-4-13-9)11-8(18)7(17)6(3-16)19-11/h4-7,10-11,14-16,18,22,30-31H,8-9,23H2,1-3H3,(H,27,32);1-2,4,6-8,11,16-18H,3H2,(H2,12,13,14)/t14-,15+,16+,18+,22+;6-,7-,8-,11-/m01/s1. The molecule has 7 rings (SSSR count). The number of carbonyl (C=O) groups is 1. The number of anilines is 2. The monoisotopic (exact) mass is 737 g/mol. The molecule has 20 nitrogen and oxygen atoms in total. The number of imidazole rings is 1. The van der Waals surface area contributed by atoms with Crippen LogP contribution in [0.5, 0.6) is 5.75 Å². The van der Waals surface area contributed by atoms with E-state index < -0.39 is 67.6 Å². The van der Waals surface area contributed by atoms with Crippen LogP contribution in [0.2, 0.25) is 0 Å². The van der Waals surface area contributed by atoms with Crippen molar-refractivity contribution in [2.24, 2.45) is 5.73 Å². The molecule has 0 unspecified atom stereocenters. The van der Waals surface area contributed by atoms with Crippen molar-refractivity contribution in [3.05, 3.63) is 61.1 Å². The molecule has 2 aliphatic rings. The van der Waals surface area contributed by atoms with Crippen LogP contribution in [-0.2, 0) is 20.7 Å². The average Bonchev–Trinajstić information content (AvgIpc) is 3.93. The van der Waals surface area contributed by atoms with Gasteiger partial charge in [-0.05, 0) is 30.2 Å². The zero-order valence-corrected chi connectivity index (χ0v) is 29.1. The predicted molar refractivity (Wildman–Crippen MR) is 188 cm³/mol. The van der Waals surface area contributed by atoms with Gasteiger partial charge in [0.25, 0.3) is 0 Å². The Morgan fingerprint density at radius 1 is 0.906 bits per heavy atom. The zero-order valence-electron chi connectivity index (χ0n) is 29.1. The zero-order chi connectivity index (χ0) is 38.0. The molecule has 2 fully saturated rings. The number of aromatic nitrogens is 7. The number of methoxy groups -OCH3 is 1. The first-order valence-corrected chi connectivity index (χ1v) is 16.6. The Morgan fingerprint density at radius 3 is 2.23 bits per heavy atom. The molecule has 2 saturated heterocycles. The number of nitrogens with two attached hydrogens (primary N) is 2. The van der Waals surface area contributed by atoms with Crippen molar-refractivity contribution in [3.63, 3.8) is 0 Å². The van der Waals surface area contributed by atoms with E-state index in [2.05, 4.69) is 30.2 Å². The Hall–Kier alpha value is -5.06. The van der Waals surface area contributed by atoms with Crippen molar-refractivity contribution in [2.75, 3.05) is 45.1 Å². The minimum atomic E-state index is -1.18. The van der Waals surface area contributed by atoms with Gasteiger partial charge in [0, 0.05) is 20.3 Å². The fourth-order valence-corrected chi connectivity index (χ4v) is 6.34. The molecule has 20 heteroatoms. The van der Waals surface area contributed by atoms with Crippen LogP contribution < -0.4 is 26.4 Å². The Kier molecular flexibility index (Phi) is 11.3. The van der Waals surface area contributed by atoms with E-state index in [0.717, 1.165) is 5.56 Å².